The van der Waals surface area contributed by atoms with Crippen LogP contribution in [0.15, 0.2) is 81.2 Å². The van der Waals surface area contributed by atoms with E-state index in [0.717, 1.165) is 11.3 Å². The first-order valence-corrected chi connectivity index (χ1v) is 10.1. The lowest BCUT2D eigenvalue weighted by Gasteiger charge is -2.13. The van der Waals surface area contributed by atoms with E-state index in [2.05, 4.69) is 4.99 Å². The molecule has 1 saturated heterocycles. The number of aliphatic imine (C=N–C) groups is 1. The van der Waals surface area contributed by atoms with Crippen LogP contribution in [0.4, 0.5) is 5.69 Å². The zero-order chi connectivity index (χ0) is 20.9. The van der Waals surface area contributed by atoms with Crippen LogP contribution in [0, 0.1) is 0 Å². The van der Waals surface area contributed by atoms with Gasteiger partial charge in [0.2, 0.25) is 0 Å². The van der Waals surface area contributed by atoms with Gasteiger partial charge in [-0.3, -0.25) is 9.69 Å². The maximum Gasteiger partial charge on any atom is 0.267 e. The fourth-order valence-corrected chi connectivity index (χ4v) is 3.97. The third-order valence-electron chi connectivity index (χ3n) is 4.49. The topological polar surface area (TPSA) is 64.3 Å². The van der Waals surface area contributed by atoms with Gasteiger partial charge in [0.25, 0.3) is 5.91 Å². The lowest BCUT2D eigenvalue weighted by atomic mass is 10.1. The molecule has 1 amide bonds. The van der Waals surface area contributed by atoms with Crippen molar-refractivity contribution in [1.82, 2.24) is 4.90 Å². The molecule has 2 aromatic carbocycles. The highest BCUT2D eigenvalue weighted by atomic mass is 32.2. The Kier molecular flexibility index (Phi) is 5.90. The highest BCUT2D eigenvalue weighted by Crippen LogP contribution is 2.37. The molecule has 152 valence electrons. The molecule has 2 heterocycles. The molecule has 7 heteroatoms. The zero-order valence-electron chi connectivity index (χ0n) is 16.6. The second-order valence-corrected chi connectivity index (χ2v) is 7.43. The summed E-state index contributed by atoms with van der Waals surface area (Å²) in [6.45, 7) is 0.307. The van der Waals surface area contributed by atoms with Crippen molar-refractivity contribution in [3.8, 4) is 11.5 Å². The van der Waals surface area contributed by atoms with Crippen molar-refractivity contribution in [2.24, 2.45) is 4.99 Å². The molecular formula is C23H20N2O4S. The van der Waals surface area contributed by atoms with Crippen LogP contribution in [0.25, 0.3) is 6.08 Å². The van der Waals surface area contributed by atoms with Crippen LogP contribution in [0.2, 0.25) is 0 Å². The maximum atomic E-state index is 13.2. The van der Waals surface area contributed by atoms with E-state index in [1.807, 2.05) is 54.6 Å². The largest absolute Gasteiger partial charge is 0.497 e. The van der Waals surface area contributed by atoms with Gasteiger partial charge in [0.1, 0.15) is 17.3 Å². The molecule has 0 spiro atoms. The summed E-state index contributed by atoms with van der Waals surface area (Å²) in [5, 5.41) is 0.598. The predicted molar refractivity (Wildman–Crippen MR) is 118 cm³/mol. The number of carbonyl (C=O) groups is 1. The third-order valence-corrected chi connectivity index (χ3v) is 5.50. The number of ether oxygens (including phenoxy) is 2. The van der Waals surface area contributed by atoms with Crippen molar-refractivity contribution in [2.45, 2.75) is 6.54 Å². The van der Waals surface area contributed by atoms with Crippen molar-refractivity contribution >= 4 is 34.6 Å². The number of rotatable bonds is 6. The molecule has 30 heavy (non-hydrogen) atoms. The van der Waals surface area contributed by atoms with Crippen LogP contribution in [-0.2, 0) is 11.3 Å². The number of furan rings is 1. The molecule has 0 saturated carbocycles. The first kappa shape index (κ1) is 19.8. The standard InChI is InChI=1S/C23H20N2O4S/c1-27-18-11-10-16(20(14-18)28-2)13-21-22(26)25(15-19-9-6-12-29-19)23(30-21)24-17-7-4-3-5-8-17/h3-14H,15H2,1-2H3/b21-13+,24-23?. The first-order valence-electron chi connectivity index (χ1n) is 9.27. The summed E-state index contributed by atoms with van der Waals surface area (Å²) in [5.74, 6) is 1.86. The summed E-state index contributed by atoms with van der Waals surface area (Å²) < 4.78 is 16.2. The van der Waals surface area contributed by atoms with E-state index in [1.54, 1.807) is 37.5 Å². The number of benzene rings is 2. The fraction of sp³-hybridized carbons (Fsp3) is 0.130. The van der Waals surface area contributed by atoms with Crippen LogP contribution in [0.5, 0.6) is 11.5 Å². The average Bonchev–Trinajstić information content (AvgIpc) is 3.39. The Balaban J connectivity index is 1.71. The summed E-state index contributed by atoms with van der Waals surface area (Å²) in [6, 6.07) is 18.7. The maximum absolute atomic E-state index is 13.2. The van der Waals surface area contributed by atoms with Gasteiger partial charge in [-0.2, -0.15) is 0 Å². The van der Waals surface area contributed by atoms with Crippen molar-refractivity contribution in [3.05, 3.63) is 83.2 Å². The molecule has 4 rings (SSSR count). The van der Waals surface area contributed by atoms with E-state index in [1.165, 1.54) is 11.8 Å². The van der Waals surface area contributed by atoms with Crippen LogP contribution >= 0.6 is 11.8 Å². The highest BCUT2D eigenvalue weighted by molar-refractivity contribution is 8.18. The number of hydrogen-bond acceptors (Lipinski definition) is 6. The SMILES string of the molecule is COc1ccc(/C=C2/SC(=Nc3ccccc3)N(Cc3ccco3)C2=O)c(OC)c1. The molecule has 1 aliphatic heterocycles. The summed E-state index contributed by atoms with van der Waals surface area (Å²) >= 11 is 1.33. The minimum atomic E-state index is -0.135. The van der Waals surface area contributed by atoms with Gasteiger partial charge in [-0.15, -0.1) is 0 Å². The van der Waals surface area contributed by atoms with E-state index >= 15 is 0 Å². The Labute approximate surface area is 178 Å². The number of para-hydroxylation sites is 1. The smallest absolute Gasteiger partial charge is 0.267 e. The summed E-state index contributed by atoms with van der Waals surface area (Å²) in [5.41, 5.74) is 1.56. The molecule has 6 nitrogen and oxygen atoms in total. The predicted octanol–water partition coefficient (Wildman–Crippen LogP) is 5.10. The molecule has 1 fully saturated rings. The molecule has 1 aliphatic rings. The molecule has 0 bridgehead atoms. The molecule has 0 N–H and O–H groups in total. The van der Waals surface area contributed by atoms with Crippen molar-refractivity contribution in [2.75, 3.05) is 14.2 Å². The number of amides is 1. The molecular weight excluding hydrogens is 400 g/mol. The van der Waals surface area contributed by atoms with Gasteiger partial charge >= 0.3 is 0 Å². The normalized spacial score (nSPS) is 16.5. The molecule has 0 atom stereocenters. The Morgan fingerprint density at radius 1 is 1.07 bits per heavy atom. The molecule has 0 unspecified atom stereocenters. The minimum absolute atomic E-state index is 0.135. The van der Waals surface area contributed by atoms with Crippen LogP contribution in [0.1, 0.15) is 11.3 Å². The molecule has 1 aromatic heterocycles. The van der Waals surface area contributed by atoms with Crippen molar-refractivity contribution in [3.63, 3.8) is 0 Å². The molecule has 0 aliphatic carbocycles. The van der Waals surface area contributed by atoms with Gasteiger partial charge in [0.15, 0.2) is 5.17 Å². The lowest BCUT2D eigenvalue weighted by molar-refractivity contribution is -0.122. The van der Waals surface area contributed by atoms with Crippen LogP contribution in [0.3, 0.4) is 0 Å². The van der Waals surface area contributed by atoms with Crippen molar-refractivity contribution in [1.29, 1.82) is 0 Å². The van der Waals surface area contributed by atoms with E-state index in [4.69, 9.17) is 13.9 Å². The van der Waals surface area contributed by atoms with Gasteiger partial charge in [0.05, 0.1) is 37.6 Å². The van der Waals surface area contributed by atoms with Crippen LogP contribution < -0.4 is 9.47 Å². The van der Waals surface area contributed by atoms with E-state index in [0.29, 0.717) is 33.9 Å². The summed E-state index contributed by atoms with van der Waals surface area (Å²) in [6.07, 6.45) is 3.41. The number of hydrogen-bond donors (Lipinski definition) is 0. The van der Waals surface area contributed by atoms with Gasteiger partial charge in [-0.1, -0.05) is 18.2 Å². The molecule has 0 radical (unpaired) electrons. The van der Waals surface area contributed by atoms with Gasteiger partial charge in [-0.25, -0.2) is 4.99 Å². The minimum Gasteiger partial charge on any atom is -0.497 e. The Hall–Kier alpha value is -3.45. The second-order valence-electron chi connectivity index (χ2n) is 6.42. The van der Waals surface area contributed by atoms with E-state index < -0.39 is 0 Å². The monoisotopic (exact) mass is 420 g/mol. The van der Waals surface area contributed by atoms with E-state index in [-0.39, 0.29) is 5.91 Å². The third kappa shape index (κ3) is 4.26. The number of thioether (sulfide) groups is 1. The average molecular weight is 420 g/mol. The Morgan fingerprint density at radius 2 is 1.90 bits per heavy atom. The number of carbonyl (C=O) groups excluding carboxylic acids is 1. The number of amidine groups is 1. The number of methoxy groups -OCH3 is 2. The Morgan fingerprint density at radius 3 is 2.60 bits per heavy atom. The highest BCUT2D eigenvalue weighted by Gasteiger charge is 2.34. The lowest BCUT2D eigenvalue weighted by Crippen LogP contribution is -2.28. The fourth-order valence-electron chi connectivity index (χ4n) is 2.98. The van der Waals surface area contributed by atoms with E-state index in [9.17, 15) is 4.79 Å². The summed E-state index contributed by atoms with van der Waals surface area (Å²) in [4.78, 5) is 20.1. The number of nitrogens with zero attached hydrogens (tertiary/aromatic N) is 2. The molecule has 3 aromatic rings. The van der Waals surface area contributed by atoms with Gasteiger partial charge in [-0.05, 0) is 54.2 Å². The Bertz CT molecular complexity index is 1090. The van der Waals surface area contributed by atoms with Crippen LogP contribution in [-0.4, -0.2) is 30.2 Å². The van der Waals surface area contributed by atoms with Gasteiger partial charge in [0, 0.05) is 11.6 Å². The zero-order valence-corrected chi connectivity index (χ0v) is 17.4. The first-order chi connectivity index (χ1) is 14.7. The van der Waals surface area contributed by atoms with Gasteiger partial charge < -0.3 is 13.9 Å². The van der Waals surface area contributed by atoms with Crippen molar-refractivity contribution < 1.29 is 18.7 Å². The summed E-state index contributed by atoms with van der Waals surface area (Å²) in [7, 11) is 3.19. The quantitative estimate of drug-likeness (QED) is 0.519. The second kappa shape index (κ2) is 8.92.